The number of hydrogen-bond donors (Lipinski definition) is 4. The summed E-state index contributed by atoms with van der Waals surface area (Å²) in [4.78, 5) is 36.6. The van der Waals surface area contributed by atoms with E-state index in [0.29, 0.717) is 48.6 Å². The van der Waals surface area contributed by atoms with Crippen molar-refractivity contribution in [1.29, 1.82) is 0 Å². The number of anilines is 1. The Morgan fingerprint density at radius 3 is 2.59 bits per heavy atom. The molecule has 2 bridgehead atoms. The summed E-state index contributed by atoms with van der Waals surface area (Å²) < 4.78 is 16.5. The Bertz CT molecular complexity index is 999. The van der Waals surface area contributed by atoms with Crippen molar-refractivity contribution in [1.82, 2.24) is 10.6 Å². The van der Waals surface area contributed by atoms with E-state index in [-0.39, 0.29) is 30.8 Å². The molecule has 0 radical (unpaired) electrons. The second-order valence-corrected chi connectivity index (χ2v) is 10.7. The van der Waals surface area contributed by atoms with Gasteiger partial charge in [0.05, 0.1) is 17.3 Å². The van der Waals surface area contributed by atoms with Crippen molar-refractivity contribution in [2.24, 2.45) is 0 Å². The molecule has 1 aliphatic heterocycles. The Hall–Kier alpha value is -2.72. The van der Waals surface area contributed by atoms with Crippen LogP contribution in [-0.2, 0) is 14.3 Å². The molecule has 4 N–H and O–H groups in total. The minimum atomic E-state index is -0.819. The summed E-state index contributed by atoms with van der Waals surface area (Å²) in [5.74, 6) is -0.0833. The Morgan fingerprint density at radius 1 is 1.24 bits per heavy atom. The van der Waals surface area contributed by atoms with E-state index in [1.165, 1.54) is 6.07 Å². The minimum Gasteiger partial charge on any atom is -0.480 e. The van der Waals surface area contributed by atoms with Gasteiger partial charge in [0.1, 0.15) is 5.60 Å². The van der Waals surface area contributed by atoms with Crippen LogP contribution in [0.2, 0.25) is 5.02 Å². The van der Waals surface area contributed by atoms with Gasteiger partial charge in [0, 0.05) is 16.6 Å². The van der Waals surface area contributed by atoms with E-state index in [1.807, 2.05) is 0 Å². The van der Waals surface area contributed by atoms with Gasteiger partial charge in [0.15, 0.2) is 24.7 Å². The summed E-state index contributed by atoms with van der Waals surface area (Å²) in [6.07, 6.45) is 1.19. The molecule has 186 valence electrons. The van der Waals surface area contributed by atoms with Crippen molar-refractivity contribution in [3.05, 3.63) is 17.2 Å². The minimum absolute atomic E-state index is 0.155. The molecule has 0 unspecified atom stereocenters. The molecule has 1 aromatic rings. The fourth-order valence-corrected chi connectivity index (χ4v) is 5.09. The third kappa shape index (κ3) is 5.17. The van der Waals surface area contributed by atoms with Crippen molar-refractivity contribution in [3.8, 4) is 11.5 Å². The van der Waals surface area contributed by atoms with Crippen LogP contribution in [0.25, 0.3) is 0 Å². The number of ether oxygens (including phenoxy) is 3. The SMILES string of the molecule is CC(C)(C)OC(=O)NC12CCC(NC(=O)COc3cc(Cl)cc4c3OCC(=O)N4)(CC1)C[C@@H]2O. The number of amides is 3. The molecule has 11 heteroatoms. The van der Waals surface area contributed by atoms with E-state index in [2.05, 4.69) is 16.0 Å². The summed E-state index contributed by atoms with van der Waals surface area (Å²) in [6.45, 7) is 4.91. The predicted molar refractivity (Wildman–Crippen MR) is 123 cm³/mol. The van der Waals surface area contributed by atoms with E-state index < -0.39 is 28.9 Å². The number of fused-ring (bicyclic) bond motifs is 4. The first kappa shape index (κ1) is 24.4. The number of carbonyl (C=O) groups excluding carboxylic acids is 3. The molecule has 5 rings (SSSR count). The number of alkyl carbamates (subject to hydrolysis) is 1. The van der Waals surface area contributed by atoms with Crippen molar-refractivity contribution in [2.45, 2.75) is 75.7 Å². The predicted octanol–water partition coefficient (Wildman–Crippen LogP) is 2.51. The van der Waals surface area contributed by atoms with Crippen LogP contribution in [0.15, 0.2) is 12.1 Å². The Kier molecular flexibility index (Phi) is 6.32. The quantitative estimate of drug-likeness (QED) is 0.493. The van der Waals surface area contributed by atoms with Gasteiger partial charge in [0.25, 0.3) is 11.8 Å². The van der Waals surface area contributed by atoms with E-state index in [9.17, 15) is 19.5 Å². The lowest BCUT2D eigenvalue weighted by atomic mass is 9.60. The highest BCUT2D eigenvalue weighted by Crippen LogP contribution is 2.47. The Morgan fingerprint density at radius 2 is 1.94 bits per heavy atom. The highest BCUT2D eigenvalue weighted by atomic mass is 35.5. The normalized spacial score (nSPS) is 27.7. The molecule has 4 aliphatic rings. The monoisotopic (exact) mass is 495 g/mol. The first-order valence-electron chi connectivity index (χ1n) is 11.3. The van der Waals surface area contributed by atoms with Gasteiger partial charge in [-0.05, 0) is 58.9 Å². The van der Waals surface area contributed by atoms with Crippen molar-refractivity contribution in [3.63, 3.8) is 0 Å². The molecule has 3 saturated carbocycles. The number of aliphatic hydroxyl groups excluding tert-OH is 1. The number of nitrogens with one attached hydrogen (secondary N) is 3. The summed E-state index contributed by atoms with van der Waals surface area (Å²) in [7, 11) is 0. The summed E-state index contributed by atoms with van der Waals surface area (Å²) in [5.41, 5.74) is -1.58. The number of hydrogen-bond acceptors (Lipinski definition) is 7. The van der Waals surface area contributed by atoms with Crippen LogP contribution >= 0.6 is 11.6 Å². The van der Waals surface area contributed by atoms with Gasteiger partial charge in [-0.25, -0.2) is 4.79 Å². The van der Waals surface area contributed by atoms with Crippen LogP contribution in [0, 0.1) is 0 Å². The summed E-state index contributed by atoms with van der Waals surface area (Å²) in [5, 5.41) is 19.7. The van der Waals surface area contributed by atoms with Gasteiger partial charge in [-0.2, -0.15) is 0 Å². The second-order valence-electron chi connectivity index (χ2n) is 10.2. The lowest BCUT2D eigenvalue weighted by Gasteiger charge is -2.56. The maximum atomic E-state index is 12.7. The summed E-state index contributed by atoms with van der Waals surface area (Å²) >= 11 is 6.10. The zero-order valence-electron chi connectivity index (χ0n) is 19.5. The van der Waals surface area contributed by atoms with Crippen molar-refractivity contribution >= 4 is 35.2 Å². The largest absolute Gasteiger partial charge is 0.480 e. The molecule has 1 aromatic carbocycles. The molecule has 10 nitrogen and oxygen atoms in total. The first-order chi connectivity index (χ1) is 15.9. The van der Waals surface area contributed by atoms with Gasteiger partial charge >= 0.3 is 6.09 Å². The number of carbonyl (C=O) groups is 3. The number of benzene rings is 1. The molecule has 1 atom stereocenters. The molecule has 1 heterocycles. The average Bonchev–Trinajstić information content (AvgIpc) is 2.71. The van der Waals surface area contributed by atoms with Gasteiger partial charge in [-0.3, -0.25) is 9.59 Å². The lowest BCUT2D eigenvalue weighted by Crippen LogP contribution is -2.70. The average molecular weight is 496 g/mol. The van der Waals surface area contributed by atoms with E-state index >= 15 is 0 Å². The molecular weight excluding hydrogens is 466 g/mol. The van der Waals surface area contributed by atoms with Crippen LogP contribution in [0.4, 0.5) is 10.5 Å². The number of halogens is 1. The maximum absolute atomic E-state index is 12.7. The molecule has 3 aliphatic carbocycles. The fraction of sp³-hybridized carbons (Fsp3) is 0.609. The second kappa shape index (κ2) is 8.81. The van der Waals surface area contributed by atoms with Gasteiger partial charge in [-0.15, -0.1) is 0 Å². The maximum Gasteiger partial charge on any atom is 0.408 e. The lowest BCUT2D eigenvalue weighted by molar-refractivity contribution is -0.130. The first-order valence-corrected chi connectivity index (χ1v) is 11.7. The van der Waals surface area contributed by atoms with Crippen molar-refractivity contribution in [2.75, 3.05) is 18.5 Å². The molecule has 0 saturated heterocycles. The van der Waals surface area contributed by atoms with E-state index in [0.717, 1.165) is 0 Å². The molecule has 0 spiro atoms. The number of aliphatic hydroxyl groups is 1. The van der Waals surface area contributed by atoms with Gasteiger partial charge in [-0.1, -0.05) is 11.6 Å². The zero-order chi connectivity index (χ0) is 24.7. The van der Waals surface area contributed by atoms with Crippen LogP contribution in [-0.4, -0.2) is 59.0 Å². The molecule has 0 aromatic heterocycles. The highest BCUT2D eigenvalue weighted by Gasteiger charge is 2.55. The zero-order valence-corrected chi connectivity index (χ0v) is 20.2. The Labute approximate surface area is 202 Å². The standard InChI is InChI=1S/C23H30ClN3O7/c1-21(2,3)34-20(31)27-23-6-4-22(5-7-23,10-16(23)28)26-18(30)12-32-15-9-13(24)8-14-19(15)33-11-17(29)25-14/h8-9,16,28H,4-7,10-12H2,1-3H3,(H,25,29)(H,26,30)(H,27,31)/t16-,22?,23?/m0/s1. The third-order valence-corrected chi connectivity index (χ3v) is 6.69. The highest BCUT2D eigenvalue weighted by molar-refractivity contribution is 6.31. The van der Waals surface area contributed by atoms with E-state index in [1.54, 1.807) is 26.8 Å². The topological polar surface area (TPSA) is 135 Å². The molecule has 3 amide bonds. The molecule has 3 fully saturated rings. The molecular formula is C23H30ClN3O7. The molecule has 34 heavy (non-hydrogen) atoms. The van der Waals surface area contributed by atoms with Crippen LogP contribution < -0.4 is 25.4 Å². The Balaban J connectivity index is 1.35. The van der Waals surface area contributed by atoms with Crippen LogP contribution in [0.5, 0.6) is 11.5 Å². The van der Waals surface area contributed by atoms with E-state index in [4.69, 9.17) is 25.8 Å². The summed E-state index contributed by atoms with van der Waals surface area (Å²) in [6, 6.07) is 3.06. The van der Waals surface area contributed by atoms with Crippen LogP contribution in [0.3, 0.4) is 0 Å². The third-order valence-electron chi connectivity index (χ3n) is 6.48. The van der Waals surface area contributed by atoms with Crippen LogP contribution in [0.1, 0.15) is 52.9 Å². The van der Waals surface area contributed by atoms with Crippen molar-refractivity contribution < 1.29 is 33.7 Å². The fourth-order valence-electron chi connectivity index (χ4n) is 4.89. The smallest absolute Gasteiger partial charge is 0.408 e. The van der Waals surface area contributed by atoms with Gasteiger partial charge in [0.2, 0.25) is 0 Å². The van der Waals surface area contributed by atoms with Gasteiger partial charge < -0.3 is 35.3 Å². The number of rotatable bonds is 5.